The fourth-order valence-corrected chi connectivity index (χ4v) is 1.70. The van der Waals surface area contributed by atoms with Crippen LogP contribution in [0.2, 0.25) is 0 Å². The predicted octanol–water partition coefficient (Wildman–Crippen LogP) is 0.540. The van der Waals surface area contributed by atoms with E-state index >= 15 is 0 Å². The monoisotopic (exact) mass is 245 g/mol. The van der Waals surface area contributed by atoms with Crippen molar-refractivity contribution >= 4 is 5.91 Å². The summed E-state index contributed by atoms with van der Waals surface area (Å²) in [4.78, 5) is 11.0. The number of aromatic nitrogens is 2. The summed E-state index contributed by atoms with van der Waals surface area (Å²) in [6, 6.07) is 9.71. The molecule has 0 bridgehead atoms. The zero-order valence-electron chi connectivity index (χ0n) is 9.91. The largest absolute Gasteiger partial charge is 0.387 e. The maximum Gasteiger partial charge on any atom is 0.245 e. The molecule has 0 aliphatic heterocycles. The van der Waals surface area contributed by atoms with Gasteiger partial charge in [-0.1, -0.05) is 24.3 Å². The first-order valence-electron chi connectivity index (χ1n) is 5.71. The highest BCUT2D eigenvalue weighted by Gasteiger charge is 2.04. The second kappa shape index (κ2) is 5.97. The standard InChI is InChI=1S/C13H15N3O2/c17-10-13(18)14-8-11-4-1-2-5-12(11)9-16-7-3-6-15-16/h1-7,17H,8-10H2,(H,14,18). The van der Waals surface area contributed by atoms with Crippen LogP contribution in [0.5, 0.6) is 0 Å². The number of rotatable bonds is 5. The Morgan fingerprint density at radius 2 is 2.06 bits per heavy atom. The summed E-state index contributed by atoms with van der Waals surface area (Å²) in [6.45, 7) is 0.594. The number of aliphatic hydroxyl groups is 1. The Morgan fingerprint density at radius 3 is 2.72 bits per heavy atom. The fraction of sp³-hybridized carbons (Fsp3) is 0.231. The number of carbonyl (C=O) groups is 1. The van der Waals surface area contributed by atoms with Crippen molar-refractivity contribution < 1.29 is 9.90 Å². The number of benzene rings is 1. The quantitative estimate of drug-likeness (QED) is 0.808. The lowest BCUT2D eigenvalue weighted by molar-refractivity contribution is -0.123. The minimum absolute atomic E-state index is 0.371. The van der Waals surface area contributed by atoms with Crippen molar-refractivity contribution in [1.82, 2.24) is 15.1 Å². The molecule has 94 valence electrons. The van der Waals surface area contributed by atoms with Gasteiger partial charge in [0.1, 0.15) is 6.61 Å². The molecule has 1 heterocycles. The lowest BCUT2D eigenvalue weighted by atomic mass is 10.1. The summed E-state index contributed by atoms with van der Waals surface area (Å²) >= 11 is 0. The van der Waals surface area contributed by atoms with E-state index in [1.807, 2.05) is 41.2 Å². The Hall–Kier alpha value is -2.14. The molecular weight excluding hydrogens is 230 g/mol. The number of carbonyl (C=O) groups excluding carboxylic acids is 1. The van der Waals surface area contributed by atoms with E-state index in [2.05, 4.69) is 10.4 Å². The van der Waals surface area contributed by atoms with E-state index in [1.165, 1.54) is 0 Å². The summed E-state index contributed by atoms with van der Waals surface area (Å²) < 4.78 is 1.83. The van der Waals surface area contributed by atoms with Crippen molar-refractivity contribution in [3.63, 3.8) is 0 Å². The first-order valence-corrected chi connectivity index (χ1v) is 5.71. The normalized spacial score (nSPS) is 10.3. The van der Waals surface area contributed by atoms with Crippen molar-refractivity contribution in [2.75, 3.05) is 6.61 Å². The highest BCUT2D eigenvalue weighted by atomic mass is 16.3. The molecule has 0 aliphatic carbocycles. The molecule has 0 radical (unpaired) electrons. The van der Waals surface area contributed by atoms with Crippen molar-refractivity contribution in [2.45, 2.75) is 13.1 Å². The van der Waals surface area contributed by atoms with Gasteiger partial charge < -0.3 is 10.4 Å². The number of hydrogen-bond acceptors (Lipinski definition) is 3. The molecule has 18 heavy (non-hydrogen) atoms. The second-order valence-corrected chi connectivity index (χ2v) is 3.91. The molecule has 0 aliphatic rings. The molecular formula is C13H15N3O2. The topological polar surface area (TPSA) is 67.2 Å². The average molecular weight is 245 g/mol. The van der Waals surface area contributed by atoms with Crippen LogP contribution in [-0.2, 0) is 17.9 Å². The summed E-state index contributed by atoms with van der Waals surface area (Å²) in [5.74, 6) is -0.371. The minimum atomic E-state index is -0.485. The van der Waals surface area contributed by atoms with E-state index in [0.717, 1.165) is 11.1 Å². The molecule has 5 heteroatoms. The smallest absolute Gasteiger partial charge is 0.245 e. The highest BCUT2D eigenvalue weighted by molar-refractivity contribution is 5.76. The molecule has 0 fully saturated rings. The summed E-state index contributed by atoms with van der Waals surface area (Å²) in [7, 11) is 0. The number of nitrogens with zero attached hydrogens (tertiary/aromatic N) is 2. The molecule has 2 rings (SSSR count). The number of nitrogens with one attached hydrogen (secondary N) is 1. The Labute approximate surface area is 105 Å². The maximum atomic E-state index is 11.0. The first kappa shape index (κ1) is 12.3. The van der Waals surface area contributed by atoms with Gasteiger partial charge in [0.2, 0.25) is 5.91 Å². The molecule has 1 aromatic carbocycles. The first-order chi connectivity index (χ1) is 8.79. The number of amides is 1. The van der Waals surface area contributed by atoms with Crippen molar-refractivity contribution in [3.05, 3.63) is 53.9 Å². The van der Waals surface area contributed by atoms with Crippen molar-refractivity contribution in [3.8, 4) is 0 Å². The SMILES string of the molecule is O=C(CO)NCc1ccccc1Cn1cccn1. The van der Waals surface area contributed by atoms with Gasteiger partial charge >= 0.3 is 0 Å². The highest BCUT2D eigenvalue weighted by Crippen LogP contribution is 2.10. The lowest BCUT2D eigenvalue weighted by Crippen LogP contribution is -2.26. The molecule has 2 aromatic rings. The van der Waals surface area contributed by atoms with Crippen molar-refractivity contribution in [2.24, 2.45) is 0 Å². The molecule has 0 atom stereocenters. The van der Waals surface area contributed by atoms with Gasteiger partial charge in [0, 0.05) is 18.9 Å². The van der Waals surface area contributed by atoms with Crippen LogP contribution in [0.3, 0.4) is 0 Å². The predicted molar refractivity (Wildman–Crippen MR) is 66.7 cm³/mol. The van der Waals surface area contributed by atoms with Crippen LogP contribution < -0.4 is 5.32 Å². The van der Waals surface area contributed by atoms with Crippen LogP contribution in [0.4, 0.5) is 0 Å². The van der Waals surface area contributed by atoms with E-state index in [9.17, 15) is 4.79 Å². The maximum absolute atomic E-state index is 11.0. The summed E-state index contributed by atoms with van der Waals surface area (Å²) in [5.41, 5.74) is 2.12. The van der Waals surface area contributed by atoms with Gasteiger partial charge in [-0.2, -0.15) is 5.10 Å². The molecule has 1 aromatic heterocycles. The van der Waals surface area contributed by atoms with Crippen LogP contribution in [0.15, 0.2) is 42.7 Å². The van der Waals surface area contributed by atoms with Gasteiger partial charge in [-0.15, -0.1) is 0 Å². The van der Waals surface area contributed by atoms with E-state index in [4.69, 9.17) is 5.11 Å². The van der Waals surface area contributed by atoms with Gasteiger partial charge in [0.25, 0.3) is 0 Å². The molecule has 0 saturated heterocycles. The van der Waals surface area contributed by atoms with Gasteiger partial charge in [-0.3, -0.25) is 9.48 Å². The molecule has 0 spiro atoms. The van der Waals surface area contributed by atoms with Crippen molar-refractivity contribution in [1.29, 1.82) is 0 Å². The van der Waals surface area contributed by atoms with Crippen LogP contribution in [0, 0.1) is 0 Å². The average Bonchev–Trinajstić information content (AvgIpc) is 2.90. The zero-order chi connectivity index (χ0) is 12.8. The Morgan fingerprint density at radius 1 is 1.28 bits per heavy atom. The molecule has 1 amide bonds. The molecule has 2 N–H and O–H groups in total. The lowest BCUT2D eigenvalue weighted by Gasteiger charge is -2.10. The Kier molecular flexibility index (Phi) is 4.09. The second-order valence-electron chi connectivity index (χ2n) is 3.91. The third-order valence-electron chi connectivity index (χ3n) is 2.63. The fourth-order valence-electron chi connectivity index (χ4n) is 1.70. The van der Waals surface area contributed by atoms with Crippen LogP contribution in [0.1, 0.15) is 11.1 Å². The molecule has 5 nitrogen and oxygen atoms in total. The Balaban J connectivity index is 2.08. The van der Waals surface area contributed by atoms with Gasteiger partial charge in [-0.05, 0) is 17.2 Å². The van der Waals surface area contributed by atoms with E-state index in [-0.39, 0.29) is 5.91 Å². The number of hydrogen-bond donors (Lipinski definition) is 2. The summed E-state index contributed by atoms with van der Waals surface area (Å²) in [6.07, 6.45) is 3.62. The van der Waals surface area contributed by atoms with Crippen LogP contribution >= 0.6 is 0 Å². The van der Waals surface area contributed by atoms with E-state index in [0.29, 0.717) is 13.1 Å². The number of aliphatic hydroxyl groups excluding tert-OH is 1. The van der Waals surface area contributed by atoms with E-state index < -0.39 is 6.61 Å². The molecule has 0 unspecified atom stereocenters. The third-order valence-corrected chi connectivity index (χ3v) is 2.63. The Bertz CT molecular complexity index is 509. The van der Waals surface area contributed by atoms with Crippen LogP contribution in [-0.4, -0.2) is 27.4 Å². The summed E-state index contributed by atoms with van der Waals surface area (Å²) in [5, 5.41) is 15.5. The molecule has 0 saturated carbocycles. The van der Waals surface area contributed by atoms with Gasteiger partial charge in [0.05, 0.1) is 6.54 Å². The minimum Gasteiger partial charge on any atom is -0.387 e. The van der Waals surface area contributed by atoms with Gasteiger partial charge in [0.15, 0.2) is 0 Å². The van der Waals surface area contributed by atoms with E-state index in [1.54, 1.807) is 6.20 Å². The van der Waals surface area contributed by atoms with Crippen LogP contribution in [0.25, 0.3) is 0 Å². The zero-order valence-corrected chi connectivity index (χ0v) is 9.91. The van der Waals surface area contributed by atoms with Gasteiger partial charge in [-0.25, -0.2) is 0 Å². The third kappa shape index (κ3) is 3.18.